The Morgan fingerprint density at radius 3 is 2.41 bits per heavy atom. The number of methoxy groups -OCH3 is 1. The van der Waals surface area contributed by atoms with Crippen molar-refractivity contribution in [2.75, 3.05) is 19.0 Å². The lowest BCUT2D eigenvalue weighted by molar-refractivity contribution is -0.127. The largest absolute Gasteiger partial charge is 0.497 e. The Labute approximate surface area is 209 Å². The number of imide groups is 1. The molecule has 0 aliphatic carbocycles. The second-order valence-electron chi connectivity index (χ2n) is 7.68. The molecule has 1 aliphatic rings. The molecular weight excluding hydrogens is 518 g/mol. The van der Waals surface area contributed by atoms with Crippen molar-refractivity contribution < 1.29 is 19.1 Å². The number of halogens is 1. The van der Waals surface area contributed by atoms with Crippen molar-refractivity contribution in [2.24, 2.45) is 0 Å². The second kappa shape index (κ2) is 9.90. The van der Waals surface area contributed by atoms with Gasteiger partial charge in [-0.3, -0.25) is 19.3 Å². The topological polar surface area (TPSA) is 80.6 Å². The summed E-state index contributed by atoms with van der Waals surface area (Å²) in [6, 6.07) is 16.7. The molecule has 1 N–H and O–H groups in total. The molecule has 0 radical (unpaired) electrons. The van der Waals surface area contributed by atoms with Crippen molar-refractivity contribution >= 4 is 56.5 Å². The number of aryl methyl sites for hydroxylation is 1. The average Bonchev–Trinajstić information content (AvgIpc) is 3.24. The van der Waals surface area contributed by atoms with E-state index in [0.29, 0.717) is 5.69 Å². The summed E-state index contributed by atoms with van der Waals surface area (Å²) in [4.78, 5) is 39.0. The Bertz CT molecular complexity index is 1300. The number of aromatic nitrogens is 1. The maximum atomic E-state index is 12.9. The van der Waals surface area contributed by atoms with Crippen LogP contribution in [0.4, 0.5) is 10.5 Å². The highest BCUT2D eigenvalue weighted by atomic mass is 79.9. The zero-order chi connectivity index (χ0) is 24.4. The van der Waals surface area contributed by atoms with Crippen LogP contribution in [-0.2, 0) is 9.59 Å². The fourth-order valence-electron chi connectivity index (χ4n) is 3.72. The highest BCUT2D eigenvalue weighted by Gasteiger charge is 2.36. The fraction of sp³-hybridized carbons (Fsp3) is 0.160. The standard InChI is InChI=1S/C25H22BrN3O4S/c1-15-12-17(16(2)29(15)20-8-10-21(33-3)11-9-20)13-22-24(31)28(25(32)34-22)14-23(30)27-19-6-4-18(26)5-7-19/h4-13H,14H2,1-3H3,(H,27,30)/b22-13-. The van der Waals surface area contributed by atoms with Crippen LogP contribution in [0.3, 0.4) is 0 Å². The molecule has 3 aromatic rings. The maximum Gasteiger partial charge on any atom is 0.294 e. The van der Waals surface area contributed by atoms with Gasteiger partial charge in [0.25, 0.3) is 11.1 Å². The molecule has 2 aromatic carbocycles. The fourth-order valence-corrected chi connectivity index (χ4v) is 4.81. The third kappa shape index (κ3) is 4.95. The lowest BCUT2D eigenvalue weighted by atomic mass is 10.2. The van der Waals surface area contributed by atoms with Gasteiger partial charge in [-0.15, -0.1) is 0 Å². The van der Waals surface area contributed by atoms with E-state index in [4.69, 9.17) is 4.74 Å². The molecule has 1 saturated heterocycles. The molecule has 1 aliphatic heterocycles. The van der Waals surface area contributed by atoms with E-state index in [9.17, 15) is 14.4 Å². The summed E-state index contributed by atoms with van der Waals surface area (Å²) in [5.74, 6) is -0.150. The minimum Gasteiger partial charge on any atom is -0.497 e. The number of nitrogens with one attached hydrogen (secondary N) is 1. The molecule has 0 spiro atoms. The Morgan fingerprint density at radius 2 is 1.76 bits per heavy atom. The number of amides is 3. The van der Waals surface area contributed by atoms with Crippen LogP contribution in [0.2, 0.25) is 0 Å². The van der Waals surface area contributed by atoms with Crippen LogP contribution in [0.1, 0.15) is 17.0 Å². The van der Waals surface area contributed by atoms with Crippen molar-refractivity contribution in [3.8, 4) is 11.4 Å². The summed E-state index contributed by atoms with van der Waals surface area (Å²) < 4.78 is 8.18. The molecule has 34 heavy (non-hydrogen) atoms. The molecule has 1 fully saturated rings. The van der Waals surface area contributed by atoms with Crippen LogP contribution in [0.25, 0.3) is 11.8 Å². The molecule has 7 nitrogen and oxygen atoms in total. The van der Waals surface area contributed by atoms with Crippen molar-refractivity contribution in [3.63, 3.8) is 0 Å². The molecule has 174 valence electrons. The van der Waals surface area contributed by atoms with Crippen molar-refractivity contribution in [2.45, 2.75) is 13.8 Å². The van der Waals surface area contributed by atoms with Gasteiger partial charge in [0, 0.05) is 27.2 Å². The van der Waals surface area contributed by atoms with E-state index < -0.39 is 17.1 Å². The van der Waals surface area contributed by atoms with Crippen molar-refractivity contribution in [1.82, 2.24) is 9.47 Å². The minimum absolute atomic E-state index is 0.288. The summed E-state index contributed by atoms with van der Waals surface area (Å²) >= 11 is 4.17. The summed E-state index contributed by atoms with van der Waals surface area (Å²) in [6.07, 6.45) is 1.71. The Balaban J connectivity index is 1.51. The Hall–Kier alpha value is -3.30. The van der Waals surface area contributed by atoms with Gasteiger partial charge in [-0.25, -0.2) is 0 Å². The first-order chi connectivity index (χ1) is 16.3. The van der Waals surface area contributed by atoms with Crippen LogP contribution in [0, 0.1) is 13.8 Å². The number of ether oxygens (including phenoxy) is 1. The summed E-state index contributed by atoms with van der Waals surface area (Å²) in [5.41, 5.74) is 4.30. The van der Waals surface area contributed by atoms with Crippen LogP contribution >= 0.6 is 27.7 Å². The third-order valence-corrected chi connectivity index (χ3v) is 6.83. The molecule has 0 unspecified atom stereocenters. The Kier molecular flexibility index (Phi) is 6.95. The van der Waals surface area contributed by atoms with E-state index in [0.717, 1.165) is 49.5 Å². The number of benzene rings is 2. The molecular formula is C25H22BrN3O4S. The number of thioether (sulfide) groups is 1. The number of hydrogen-bond donors (Lipinski definition) is 1. The molecule has 2 heterocycles. The molecule has 3 amide bonds. The molecule has 9 heteroatoms. The lowest BCUT2D eigenvalue weighted by Gasteiger charge is -2.12. The highest BCUT2D eigenvalue weighted by Crippen LogP contribution is 2.34. The van der Waals surface area contributed by atoms with Gasteiger partial charge in [-0.05, 0) is 91.8 Å². The van der Waals surface area contributed by atoms with Crippen molar-refractivity contribution in [1.29, 1.82) is 0 Å². The molecule has 0 bridgehead atoms. The second-order valence-corrected chi connectivity index (χ2v) is 9.59. The van der Waals surface area contributed by atoms with E-state index >= 15 is 0 Å². The number of nitrogens with zero attached hydrogens (tertiary/aromatic N) is 2. The number of anilines is 1. The van der Waals surface area contributed by atoms with E-state index in [-0.39, 0.29) is 11.4 Å². The average molecular weight is 540 g/mol. The Morgan fingerprint density at radius 1 is 1.09 bits per heavy atom. The van der Waals surface area contributed by atoms with Gasteiger partial charge < -0.3 is 14.6 Å². The highest BCUT2D eigenvalue weighted by molar-refractivity contribution is 9.10. The van der Waals surface area contributed by atoms with Crippen LogP contribution in [-0.4, -0.2) is 40.2 Å². The monoisotopic (exact) mass is 539 g/mol. The van der Waals surface area contributed by atoms with Gasteiger partial charge in [0.15, 0.2) is 0 Å². The van der Waals surface area contributed by atoms with Crippen molar-refractivity contribution in [3.05, 3.63) is 80.9 Å². The number of carbonyl (C=O) groups is 3. The zero-order valence-electron chi connectivity index (χ0n) is 18.8. The predicted octanol–water partition coefficient (Wildman–Crippen LogP) is 5.54. The molecule has 0 atom stereocenters. The first kappa shape index (κ1) is 23.8. The quantitative estimate of drug-likeness (QED) is 0.416. The third-order valence-electron chi connectivity index (χ3n) is 5.39. The number of hydrogen-bond acceptors (Lipinski definition) is 5. The van der Waals surface area contributed by atoms with E-state index in [1.165, 1.54) is 0 Å². The van der Waals surface area contributed by atoms with E-state index in [1.54, 1.807) is 37.5 Å². The van der Waals surface area contributed by atoms with Gasteiger partial charge in [-0.2, -0.15) is 0 Å². The smallest absolute Gasteiger partial charge is 0.294 e. The number of carbonyl (C=O) groups excluding carboxylic acids is 3. The van der Waals surface area contributed by atoms with Crippen LogP contribution in [0.5, 0.6) is 5.75 Å². The van der Waals surface area contributed by atoms with Gasteiger partial charge in [0.1, 0.15) is 12.3 Å². The minimum atomic E-state index is -0.477. The van der Waals surface area contributed by atoms with Gasteiger partial charge >= 0.3 is 0 Å². The molecule has 0 saturated carbocycles. The normalized spacial score (nSPS) is 14.7. The first-order valence-corrected chi connectivity index (χ1v) is 12.0. The molecule has 1 aromatic heterocycles. The van der Waals surface area contributed by atoms with Gasteiger partial charge in [0.05, 0.1) is 12.0 Å². The van der Waals surface area contributed by atoms with E-state index in [2.05, 4.69) is 25.8 Å². The lowest BCUT2D eigenvalue weighted by Crippen LogP contribution is -2.36. The van der Waals surface area contributed by atoms with Gasteiger partial charge in [0.2, 0.25) is 5.91 Å². The van der Waals surface area contributed by atoms with Crippen LogP contribution in [0.15, 0.2) is 64.0 Å². The number of rotatable bonds is 6. The summed E-state index contributed by atoms with van der Waals surface area (Å²) in [6.45, 7) is 3.59. The predicted molar refractivity (Wildman–Crippen MR) is 137 cm³/mol. The first-order valence-electron chi connectivity index (χ1n) is 10.4. The summed E-state index contributed by atoms with van der Waals surface area (Å²) in [5, 5.41) is 2.23. The SMILES string of the molecule is COc1ccc(-n2c(C)cc(/C=C3\SC(=O)N(CC(=O)Nc4ccc(Br)cc4)C3=O)c2C)cc1. The summed E-state index contributed by atoms with van der Waals surface area (Å²) in [7, 11) is 1.62. The van der Waals surface area contributed by atoms with Crippen LogP contribution < -0.4 is 10.1 Å². The maximum absolute atomic E-state index is 12.9. The molecule has 4 rings (SSSR count). The zero-order valence-corrected chi connectivity index (χ0v) is 21.2. The van der Waals surface area contributed by atoms with E-state index in [1.807, 2.05) is 44.2 Å². The van der Waals surface area contributed by atoms with Gasteiger partial charge in [-0.1, -0.05) is 15.9 Å².